The standard InChI is InChI=1S/C9H13Si.Sn/c1-10(2,3)9-7-5-4-6-8-9;/h4-8H,1H2,2-3H3;/q;+3. The van der Waals surface area contributed by atoms with Crippen LogP contribution in [0.15, 0.2) is 30.3 Å². The Hall–Kier alpha value is 0.236. The van der Waals surface area contributed by atoms with E-state index in [4.69, 9.17) is 0 Å². The van der Waals surface area contributed by atoms with Gasteiger partial charge in [0.1, 0.15) is 0 Å². The molecule has 54 valence electrons. The Balaban J connectivity index is 2.93. The van der Waals surface area contributed by atoms with E-state index in [1.165, 1.54) is 4.06 Å². The molecule has 0 fully saturated rings. The molecule has 1 aromatic rings. The molecule has 0 nitrogen and oxygen atoms in total. The summed E-state index contributed by atoms with van der Waals surface area (Å²) in [6.07, 6.45) is 0. The van der Waals surface area contributed by atoms with E-state index in [1.54, 1.807) is 27.7 Å². The monoisotopic (exact) mass is 269 g/mol. The number of benzene rings is 1. The Morgan fingerprint density at radius 2 is 1.73 bits per heavy atom. The van der Waals surface area contributed by atoms with E-state index in [1.807, 2.05) is 0 Å². The SMILES string of the molecule is C[Si](C)([CH2][Sn+3])c1ccccc1. The quantitative estimate of drug-likeness (QED) is 0.716. The van der Waals surface area contributed by atoms with Crippen LogP contribution >= 0.6 is 0 Å². The van der Waals surface area contributed by atoms with Gasteiger partial charge in [0.2, 0.25) is 0 Å². The van der Waals surface area contributed by atoms with Gasteiger partial charge in [-0.2, -0.15) is 0 Å². The third-order valence-electron chi connectivity index (χ3n) is 2.00. The van der Waals surface area contributed by atoms with E-state index in [9.17, 15) is 0 Å². The van der Waals surface area contributed by atoms with Crippen molar-refractivity contribution in [3.05, 3.63) is 30.3 Å². The van der Waals surface area contributed by atoms with Crippen molar-refractivity contribution >= 4 is 35.8 Å². The maximum atomic E-state index is 2.44. The van der Waals surface area contributed by atoms with Gasteiger partial charge >= 0.3 is 83.3 Å². The molecule has 0 aromatic heterocycles. The van der Waals surface area contributed by atoms with Crippen molar-refractivity contribution in [2.24, 2.45) is 0 Å². The molecule has 0 spiro atoms. The minimum absolute atomic E-state index is 1.01. The molecule has 0 unspecified atom stereocenters. The zero-order valence-electron chi connectivity index (χ0n) is 7.09. The molecule has 0 radical (unpaired) electrons. The summed E-state index contributed by atoms with van der Waals surface area (Å²) >= 11 is 1.68. The Morgan fingerprint density at radius 3 is 2.18 bits per heavy atom. The van der Waals surface area contributed by atoms with E-state index < -0.39 is 8.07 Å². The summed E-state index contributed by atoms with van der Waals surface area (Å²) in [5, 5.41) is 1.59. The van der Waals surface area contributed by atoms with Crippen LogP contribution in [0.25, 0.3) is 0 Å². The fourth-order valence-electron chi connectivity index (χ4n) is 0.991. The molecule has 0 aliphatic carbocycles. The average Bonchev–Trinajstić information content (AvgIpc) is 2.06. The van der Waals surface area contributed by atoms with Gasteiger partial charge in [0.25, 0.3) is 0 Å². The van der Waals surface area contributed by atoms with Gasteiger partial charge in [-0.25, -0.2) is 0 Å². The second kappa shape index (κ2) is 3.76. The van der Waals surface area contributed by atoms with Crippen molar-refractivity contribution < 1.29 is 0 Å². The Morgan fingerprint density at radius 1 is 1.18 bits per heavy atom. The van der Waals surface area contributed by atoms with Gasteiger partial charge in [0.05, 0.1) is 0 Å². The Labute approximate surface area is 83.1 Å². The van der Waals surface area contributed by atoms with Gasteiger partial charge in [-0.05, 0) is 0 Å². The molecule has 0 heterocycles. The molecule has 0 saturated heterocycles. The molecule has 0 amide bonds. The van der Waals surface area contributed by atoms with E-state index >= 15 is 0 Å². The molecule has 0 atom stereocenters. The van der Waals surface area contributed by atoms with Gasteiger partial charge < -0.3 is 0 Å². The Bertz CT molecular complexity index is 218. The first-order valence-corrected chi connectivity index (χ1v) is 9.09. The van der Waals surface area contributed by atoms with Crippen molar-refractivity contribution in [2.45, 2.75) is 17.2 Å². The van der Waals surface area contributed by atoms with Crippen LogP contribution in [-0.2, 0) is 0 Å². The van der Waals surface area contributed by atoms with E-state index in [0.717, 1.165) is 0 Å². The van der Waals surface area contributed by atoms with Gasteiger partial charge in [-0.3, -0.25) is 0 Å². The fourth-order valence-corrected chi connectivity index (χ4v) is 4.04. The molecule has 0 aliphatic heterocycles. The van der Waals surface area contributed by atoms with E-state index in [0.29, 0.717) is 0 Å². The third kappa shape index (κ3) is 2.34. The summed E-state index contributed by atoms with van der Waals surface area (Å²) in [7, 11) is -1.01. The summed E-state index contributed by atoms with van der Waals surface area (Å²) in [4.78, 5) is 0. The second-order valence-corrected chi connectivity index (χ2v) is 11.2. The number of hydrogen-bond acceptors (Lipinski definition) is 0. The maximum absolute atomic E-state index is 2.44. The topological polar surface area (TPSA) is 0 Å². The molecule has 0 bridgehead atoms. The van der Waals surface area contributed by atoms with Crippen molar-refractivity contribution in [1.29, 1.82) is 0 Å². The third-order valence-corrected chi connectivity index (χ3v) is 12.3. The van der Waals surface area contributed by atoms with Crippen LogP contribution in [0.2, 0.25) is 17.2 Å². The zero-order chi connectivity index (χ0) is 8.32. The summed E-state index contributed by atoms with van der Waals surface area (Å²) in [5.41, 5.74) is 0. The second-order valence-electron chi connectivity index (χ2n) is 3.43. The fraction of sp³-hybridized carbons (Fsp3) is 0.333. The van der Waals surface area contributed by atoms with Crippen LogP contribution in [0.3, 0.4) is 0 Å². The van der Waals surface area contributed by atoms with E-state index in [2.05, 4.69) is 43.4 Å². The van der Waals surface area contributed by atoms with Crippen LogP contribution in [0.4, 0.5) is 0 Å². The van der Waals surface area contributed by atoms with Crippen molar-refractivity contribution in [3.8, 4) is 0 Å². The summed E-state index contributed by atoms with van der Waals surface area (Å²) in [5.74, 6) is 0. The zero-order valence-corrected chi connectivity index (χ0v) is 10.9. The van der Waals surface area contributed by atoms with Crippen molar-refractivity contribution in [2.75, 3.05) is 0 Å². The summed E-state index contributed by atoms with van der Waals surface area (Å²) < 4.78 is 1.42. The van der Waals surface area contributed by atoms with Gasteiger partial charge in [-0.1, -0.05) is 0 Å². The molecular weight excluding hydrogens is 255 g/mol. The van der Waals surface area contributed by atoms with Crippen LogP contribution < -0.4 is 5.19 Å². The predicted octanol–water partition coefficient (Wildman–Crippen LogP) is 1.73. The predicted molar refractivity (Wildman–Crippen MR) is 54.1 cm³/mol. The first-order valence-electron chi connectivity index (χ1n) is 3.87. The van der Waals surface area contributed by atoms with Gasteiger partial charge in [0, 0.05) is 0 Å². The first-order chi connectivity index (χ1) is 5.17. The molecule has 0 N–H and O–H groups in total. The minimum atomic E-state index is -1.01. The summed E-state index contributed by atoms with van der Waals surface area (Å²) in [6.45, 7) is 4.88. The van der Waals surface area contributed by atoms with Crippen LogP contribution in [-0.4, -0.2) is 30.6 Å². The average molecular weight is 268 g/mol. The molecule has 1 rings (SSSR count). The van der Waals surface area contributed by atoms with Crippen molar-refractivity contribution in [1.82, 2.24) is 0 Å². The van der Waals surface area contributed by atoms with Gasteiger partial charge in [0.15, 0.2) is 0 Å². The molecular formula is C9H13SiSn+3. The van der Waals surface area contributed by atoms with Crippen LogP contribution in [0, 0.1) is 0 Å². The van der Waals surface area contributed by atoms with Crippen molar-refractivity contribution in [3.63, 3.8) is 0 Å². The molecule has 11 heavy (non-hydrogen) atoms. The van der Waals surface area contributed by atoms with Gasteiger partial charge in [-0.15, -0.1) is 0 Å². The molecule has 0 aliphatic rings. The number of hydrogen-bond donors (Lipinski definition) is 0. The van der Waals surface area contributed by atoms with Crippen LogP contribution in [0.1, 0.15) is 0 Å². The molecule has 2 heteroatoms. The molecule has 1 aromatic carbocycles. The van der Waals surface area contributed by atoms with E-state index in [-0.39, 0.29) is 0 Å². The Kier molecular flexibility index (Phi) is 3.19. The number of rotatable bonds is 2. The normalized spacial score (nSPS) is 11.6. The molecule has 0 saturated carbocycles. The van der Waals surface area contributed by atoms with Crippen LogP contribution in [0.5, 0.6) is 0 Å². The summed E-state index contributed by atoms with van der Waals surface area (Å²) in [6, 6.07) is 10.9. The first kappa shape index (κ1) is 9.32.